The SMILES string of the molecule is CSc1nc2ccc(NC(=O)c3ccccc3NS(=O)(=O)c3ccccc3)cc2s1. The van der Waals surface area contributed by atoms with Crippen molar-refractivity contribution in [3.05, 3.63) is 78.4 Å². The van der Waals surface area contributed by atoms with E-state index in [-0.39, 0.29) is 16.1 Å². The Balaban J connectivity index is 1.59. The standard InChI is InChI=1S/C21H17N3O3S3/c1-28-21-23-18-12-11-14(13-19(18)29-21)22-20(25)16-9-5-6-10-17(16)24-30(26,27)15-7-3-2-4-8-15/h2-13,24H,1H3,(H,22,25). The van der Waals surface area contributed by atoms with E-state index in [0.29, 0.717) is 5.69 Å². The Labute approximate surface area is 182 Å². The van der Waals surface area contributed by atoms with E-state index in [0.717, 1.165) is 14.6 Å². The van der Waals surface area contributed by atoms with Gasteiger partial charge in [-0.15, -0.1) is 11.3 Å². The zero-order valence-corrected chi connectivity index (χ0v) is 18.3. The molecule has 0 aliphatic rings. The van der Waals surface area contributed by atoms with Crippen molar-refractivity contribution in [1.82, 2.24) is 4.98 Å². The number of hydrogen-bond donors (Lipinski definition) is 2. The molecule has 4 rings (SSSR count). The van der Waals surface area contributed by atoms with Gasteiger partial charge < -0.3 is 5.32 Å². The van der Waals surface area contributed by atoms with Gasteiger partial charge in [0, 0.05) is 5.69 Å². The number of carbonyl (C=O) groups excluding carboxylic acids is 1. The number of thiazole rings is 1. The summed E-state index contributed by atoms with van der Waals surface area (Å²) in [4.78, 5) is 17.5. The highest BCUT2D eigenvalue weighted by Gasteiger charge is 2.18. The summed E-state index contributed by atoms with van der Waals surface area (Å²) in [5, 5.41) is 2.84. The van der Waals surface area contributed by atoms with Crippen LogP contribution in [0.5, 0.6) is 0 Å². The zero-order chi connectivity index (χ0) is 21.1. The van der Waals surface area contributed by atoms with Gasteiger partial charge in [-0.05, 0) is 48.7 Å². The Morgan fingerprint density at radius 2 is 1.73 bits per heavy atom. The predicted molar refractivity (Wildman–Crippen MR) is 123 cm³/mol. The highest BCUT2D eigenvalue weighted by atomic mass is 32.2. The molecular weight excluding hydrogens is 438 g/mol. The van der Waals surface area contributed by atoms with Crippen molar-refractivity contribution in [2.75, 3.05) is 16.3 Å². The molecule has 0 aliphatic carbocycles. The molecule has 1 heterocycles. The largest absolute Gasteiger partial charge is 0.322 e. The van der Waals surface area contributed by atoms with E-state index >= 15 is 0 Å². The minimum Gasteiger partial charge on any atom is -0.322 e. The topological polar surface area (TPSA) is 88.2 Å². The monoisotopic (exact) mass is 455 g/mol. The van der Waals surface area contributed by atoms with Crippen molar-refractivity contribution in [3.63, 3.8) is 0 Å². The van der Waals surface area contributed by atoms with Crippen LogP contribution in [0.25, 0.3) is 10.2 Å². The molecule has 0 atom stereocenters. The van der Waals surface area contributed by atoms with Crippen LogP contribution in [0.1, 0.15) is 10.4 Å². The first-order chi connectivity index (χ1) is 14.5. The van der Waals surface area contributed by atoms with Crippen LogP contribution in [0.15, 0.2) is 82.0 Å². The molecule has 4 aromatic rings. The van der Waals surface area contributed by atoms with Crippen LogP contribution in [-0.4, -0.2) is 25.6 Å². The Bertz CT molecular complexity index is 1320. The fourth-order valence-electron chi connectivity index (χ4n) is 2.84. The van der Waals surface area contributed by atoms with Gasteiger partial charge in [0.2, 0.25) is 0 Å². The number of carbonyl (C=O) groups is 1. The molecule has 0 saturated carbocycles. The lowest BCUT2D eigenvalue weighted by atomic mass is 10.1. The molecule has 3 aromatic carbocycles. The number of fused-ring (bicyclic) bond motifs is 1. The molecule has 0 aliphatic heterocycles. The second kappa shape index (κ2) is 8.47. The van der Waals surface area contributed by atoms with E-state index in [1.165, 1.54) is 12.1 Å². The fraction of sp³-hybridized carbons (Fsp3) is 0.0476. The van der Waals surface area contributed by atoms with E-state index in [1.807, 2.05) is 18.4 Å². The van der Waals surface area contributed by atoms with Gasteiger partial charge in [0.1, 0.15) is 0 Å². The van der Waals surface area contributed by atoms with Crippen LogP contribution in [0, 0.1) is 0 Å². The number of benzene rings is 3. The smallest absolute Gasteiger partial charge is 0.261 e. The summed E-state index contributed by atoms with van der Waals surface area (Å²) in [6.07, 6.45) is 1.97. The first kappa shape index (κ1) is 20.4. The average molecular weight is 456 g/mol. The van der Waals surface area contributed by atoms with Gasteiger partial charge in [-0.1, -0.05) is 42.1 Å². The average Bonchev–Trinajstić information content (AvgIpc) is 3.17. The highest BCUT2D eigenvalue weighted by molar-refractivity contribution is 8.00. The maximum absolute atomic E-state index is 12.9. The Morgan fingerprint density at radius 3 is 2.50 bits per heavy atom. The van der Waals surface area contributed by atoms with E-state index in [4.69, 9.17) is 0 Å². The number of para-hydroxylation sites is 1. The first-order valence-corrected chi connectivity index (χ1v) is 12.4. The van der Waals surface area contributed by atoms with Crippen molar-refractivity contribution in [2.45, 2.75) is 9.24 Å². The maximum atomic E-state index is 12.9. The van der Waals surface area contributed by atoms with Crippen LogP contribution in [-0.2, 0) is 10.0 Å². The lowest BCUT2D eigenvalue weighted by molar-refractivity contribution is 0.102. The third-order valence-electron chi connectivity index (χ3n) is 4.27. The number of nitrogens with zero attached hydrogens (tertiary/aromatic N) is 1. The van der Waals surface area contributed by atoms with E-state index in [2.05, 4.69) is 15.0 Å². The van der Waals surface area contributed by atoms with Gasteiger partial charge in [0.15, 0.2) is 4.34 Å². The summed E-state index contributed by atoms with van der Waals surface area (Å²) in [6.45, 7) is 0. The summed E-state index contributed by atoms with van der Waals surface area (Å²) >= 11 is 3.12. The van der Waals surface area contributed by atoms with Gasteiger partial charge in [-0.25, -0.2) is 13.4 Å². The molecule has 0 spiro atoms. The Kier molecular flexibility index (Phi) is 5.76. The van der Waals surface area contributed by atoms with Crippen LogP contribution < -0.4 is 10.0 Å². The lowest BCUT2D eigenvalue weighted by Crippen LogP contribution is -2.18. The summed E-state index contributed by atoms with van der Waals surface area (Å²) in [5.41, 5.74) is 1.93. The first-order valence-electron chi connectivity index (χ1n) is 8.89. The van der Waals surface area contributed by atoms with Crippen molar-refractivity contribution in [3.8, 4) is 0 Å². The van der Waals surface area contributed by atoms with Gasteiger partial charge in [-0.2, -0.15) is 0 Å². The predicted octanol–water partition coefficient (Wildman–Crippen LogP) is 5.07. The minimum absolute atomic E-state index is 0.125. The second-order valence-electron chi connectivity index (χ2n) is 6.28. The second-order valence-corrected chi connectivity index (χ2v) is 10.1. The number of rotatable bonds is 6. The molecule has 0 fully saturated rings. The Hall–Kier alpha value is -2.88. The maximum Gasteiger partial charge on any atom is 0.261 e. The number of nitrogens with one attached hydrogen (secondary N) is 2. The number of aromatic nitrogens is 1. The Morgan fingerprint density at radius 1 is 1.00 bits per heavy atom. The molecule has 0 bridgehead atoms. The summed E-state index contributed by atoms with van der Waals surface area (Å²) in [5.74, 6) is -0.407. The summed E-state index contributed by atoms with van der Waals surface area (Å²) in [7, 11) is -3.81. The van der Waals surface area contributed by atoms with Crippen molar-refractivity contribution < 1.29 is 13.2 Å². The molecule has 0 radical (unpaired) electrons. The molecule has 2 N–H and O–H groups in total. The lowest BCUT2D eigenvalue weighted by Gasteiger charge is -2.13. The fourth-order valence-corrected chi connectivity index (χ4v) is 5.47. The van der Waals surface area contributed by atoms with Crippen LogP contribution >= 0.6 is 23.1 Å². The van der Waals surface area contributed by atoms with E-state index in [9.17, 15) is 13.2 Å². The minimum atomic E-state index is -3.81. The molecule has 9 heteroatoms. The third-order valence-corrected chi connectivity index (χ3v) is 7.66. The zero-order valence-electron chi connectivity index (χ0n) is 15.8. The quantitative estimate of drug-likeness (QED) is 0.396. The molecule has 152 valence electrons. The summed E-state index contributed by atoms with van der Waals surface area (Å²) < 4.78 is 29.8. The molecule has 0 saturated heterocycles. The molecule has 30 heavy (non-hydrogen) atoms. The molecule has 0 unspecified atom stereocenters. The van der Waals surface area contributed by atoms with Crippen molar-refractivity contribution >= 4 is 60.6 Å². The van der Waals surface area contributed by atoms with E-state index in [1.54, 1.807) is 71.6 Å². The number of amides is 1. The molecular formula is C21H17N3O3S3. The highest BCUT2D eigenvalue weighted by Crippen LogP contribution is 2.30. The van der Waals surface area contributed by atoms with E-state index < -0.39 is 15.9 Å². The summed E-state index contributed by atoms with van der Waals surface area (Å²) in [6, 6.07) is 20.0. The number of anilines is 2. The van der Waals surface area contributed by atoms with Gasteiger partial charge in [-0.3, -0.25) is 9.52 Å². The number of hydrogen-bond acceptors (Lipinski definition) is 6. The molecule has 1 aromatic heterocycles. The van der Waals surface area contributed by atoms with Crippen molar-refractivity contribution in [2.24, 2.45) is 0 Å². The van der Waals surface area contributed by atoms with Gasteiger partial charge in [0.25, 0.3) is 15.9 Å². The van der Waals surface area contributed by atoms with Crippen LogP contribution in [0.4, 0.5) is 11.4 Å². The molecule has 1 amide bonds. The normalized spacial score (nSPS) is 11.4. The van der Waals surface area contributed by atoms with Crippen molar-refractivity contribution in [1.29, 1.82) is 0 Å². The third kappa shape index (κ3) is 4.33. The van der Waals surface area contributed by atoms with Gasteiger partial charge >= 0.3 is 0 Å². The van der Waals surface area contributed by atoms with Crippen LogP contribution in [0.3, 0.4) is 0 Å². The van der Waals surface area contributed by atoms with Crippen LogP contribution in [0.2, 0.25) is 0 Å². The number of sulfonamides is 1. The molecule has 6 nitrogen and oxygen atoms in total. The van der Waals surface area contributed by atoms with Gasteiger partial charge in [0.05, 0.1) is 26.4 Å². The number of thioether (sulfide) groups is 1.